The number of carbonyl (C=O) groups is 1. The molecule has 0 saturated heterocycles. The summed E-state index contributed by atoms with van der Waals surface area (Å²) in [7, 11) is 0. The number of hydrogen-bond acceptors (Lipinski definition) is 6. The highest BCUT2D eigenvalue weighted by atomic mass is 32.1. The molecular formula is C23H19N3O3S. The molecule has 4 aromatic rings. The topological polar surface area (TPSA) is 76.3 Å². The molecule has 0 spiro atoms. The van der Waals surface area contributed by atoms with E-state index in [9.17, 15) is 9.59 Å². The van der Waals surface area contributed by atoms with Crippen molar-refractivity contribution >= 4 is 33.3 Å². The number of carbonyl (C=O) groups excluding carboxylic acids is 1. The summed E-state index contributed by atoms with van der Waals surface area (Å²) in [6.07, 6.45) is 3.31. The number of amides is 1. The van der Waals surface area contributed by atoms with Crippen LogP contribution in [0.3, 0.4) is 0 Å². The molecule has 6 nitrogen and oxygen atoms in total. The Morgan fingerprint density at radius 2 is 1.73 bits per heavy atom. The molecule has 0 aliphatic carbocycles. The minimum atomic E-state index is -0.609. The SMILES string of the molecule is Cc1cc2oc3c(c(=O)c2cc1C)C(c1ccncc1)N(c1nc(C)c(C)s1)C3=O. The third kappa shape index (κ3) is 2.62. The third-order valence-corrected chi connectivity index (χ3v) is 6.80. The molecule has 3 aromatic heterocycles. The molecule has 150 valence electrons. The van der Waals surface area contributed by atoms with Crippen molar-refractivity contribution in [3.05, 3.63) is 85.5 Å². The van der Waals surface area contributed by atoms with Crippen molar-refractivity contribution < 1.29 is 9.21 Å². The summed E-state index contributed by atoms with van der Waals surface area (Å²) in [5.74, 6) is -0.263. The van der Waals surface area contributed by atoms with Crippen LogP contribution in [-0.2, 0) is 0 Å². The average Bonchev–Trinajstić information content (AvgIpc) is 3.21. The summed E-state index contributed by atoms with van der Waals surface area (Å²) in [5.41, 5.74) is 4.26. The van der Waals surface area contributed by atoms with Crippen LogP contribution < -0.4 is 10.3 Å². The second-order valence-corrected chi connectivity index (χ2v) is 8.78. The molecule has 1 aromatic carbocycles. The van der Waals surface area contributed by atoms with Crippen molar-refractivity contribution in [1.29, 1.82) is 0 Å². The maximum atomic E-state index is 13.6. The largest absolute Gasteiger partial charge is 0.450 e. The maximum absolute atomic E-state index is 13.6. The van der Waals surface area contributed by atoms with Gasteiger partial charge in [-0.2, -0.15) is 0 Å². The third-order valence-electron chi connectivity index (χ3n) is 5.73. The van der Waals surface area contributed by atoms with Gasteiger partial charge in [-0.25, -0.2) is 4.98 Å². The van der Waals surface area contributed by atoms with Crippen LogP contribution in [0.15, 0.2) is 45.9 Å². The zero-order valence-electron chi connectivity index (χ0n) is 17.0. The Kier molecular flexibility index (Phi) is 4.11. The molecule has 1 aliphatic rings. The Hall–Kier alpha value is -3.32. The molecule has 1 atom stereocenters. The van der Waals surface area contributed by atoms with Gasteiger partial charge in [-0.15, -0.1) is 11.3 Å². The van der Waals surface area contributed by atoms with E-state index in [0.29, 0.717) is 21.7 Å². The molecule has 5 rings (SSSR count). The van der Waals surface area contributed by atoms with E-state index in [4.69, 9.17) is 4.42 Å². The second-order valence-electron chi connectivity index (χ2n) is 7.60. The van der Waals surface area contributed by atoms with E-state index in [1.807, 2.05) is 52.0 Å². The number of hydrogen-bond donors (Lipinski definition) is 0. The standard InChI is InChI=1S/C23H19N3O3S/c1-11-9-16-17(10-12(11)2)29-21-18(20(16)27)19(15-5-7-24-8-6-15)26(22(21)28)23-25-13(3)14(4)30-23/h5-10,19H,1-4H3. The van der Waals surface area contributed by atoms with E-state index in [2.05, 4.69) is 9.97 Å². The lowest BCUT2D eigenvalue weighted by Gasteiger charge is -2.22. The molecule has 1 aliphatic heterocycles. The smallest absolute Gasteiger partial charge is 0.297 e. The quantitative estimate of drug-likeness (QED) is 0.475. The molecule has 0 N–H and O–H groups in total. The van der Waals surface area contributed by atoms with E-state index in [1.165, 1.54) is 11.3 Å². The van der Waals surface area contributed by atoms with Crippen LogP contribution in [0.5, 0.6) is 0 Å². The van der Waals surface area contributed by atoms with Gasteiger partial charge in [0.2, 0.25) is 5.76 Å². The molecule has 4 heterocycles. The Labute approximate surface area is 176 Å². The van der Waals surface area contributed by atoms with Crippen LogP contribution in [-0.4, -0.2) is 15.9 Å². The zero-order valence-corrected chi connectivity index (χ0v) is 17.8. The fraction of sp³-hybridized carbons (Fsp3) is 0.217. The molecule has 1 unspecified atom stereocenters. The Morgan fingerprint density at radius 3 is 2.40 bits per heavy atom. The van der Waals surface area contributed by atoms with Crippen molar-refractivity contribution in [2.75, 3.05) is 4.90 Å². The van der Waals surface area contributed by atoms with Crippen molar-refractivity contribution in [1.82, 2.24) is 9.97 Å². The van der Waals surface area contributed by atoms with Gasteiger partial charge in [-0.3, -0.25) is 19.5 Å². The highest BCUT2D eigenvalue weighted by molar-refractivity contribution is 7.15. The number of fused-ring (bicyclic) bond motifs is 2. The Bertz CT molecular complexity index is 1370. The first kappa shape index (κ1) is 18.7. The summed E-state index contributed by atoms with van der Waals surface area (Å²) in [6.45, 7) is 7.79. The number of rotatable bonds is 2. The van der Waals surface area contributed by atoms with Gasteiger partial charge >= 0.3 is 0 Å². The molecule has 0 bridgehead atoms. The highest BCUT2D eigenvalue weighted by Gasteiger charge is 2.45. The minimum Gasteiger partial charge on any atom is -0.450 e. The minimum absolute atomic E-state index is 0.0862. The fourth-order valence-corrected chi connectivity index (χ4v) is 4.78. The molecular weight excluding hydrogens is 398 g/mol. The van der Waals surface area contributed by atoms with Crippen molar-refractivity contribution in [2.45, 2.75) is 33.7 Å². The van der Waals surface area contributed by atoms with Crippen molar-refractivity contribution in [3.63, 3.8) is 0 Å². The van der Waals surface area contributed by atoms with Gasteiger partial charge in [0, 0.05) is 17.3 Å². The molecule has 0 radical (unpaired) electrons. The van der Waals surface area contributed by atoms with Crippen LogP contribution in [0.25, 0.3) is 11.0 Å². The summed E-state index contributed by atoms with van der Waals surface area (Å²) in [5, 5.41) is 1.04. The van der Waals surface area contributed by atoms with Gasteiger partial charge < -0.3 is 4.42 Å². The molecule has 30 heavy (non-hydrogen) atoms. The van der Waals surface area contributed by atoms with E-state index in [-0.39, 0.29) is 17.1 Å². The lowest BCUT2D eigenvalue weighted by atomic mass is 9.98. The van der Waals surface area contributed by atoms with E-state index >= 15 is 0 Å². The summed E-state index contributed by atoms with van der Waals surface area (Å²) in [6, 6.07) is 6.68. The van der Waals surface area contributed by atoms with Crippen LogP contribution in [0.4, 0.5) is 5.13 Å². The summed E-state index contributed by atoms with van der Waals surface area (Å²) < 4.78 is 6.04. The van der Waals surface area contributed by atoms with E-state index in [1.54, 1.807) is 17.3 Å². The van der Waals surface area contributed by atoms with E-state index in [0.717, 1.165) is 27.3 Å². The lowest BCUT2D eigenvalue weighted by Crippen LogP contribution is -2.29. The Morgan fingerprint density at radius 1 is 1.03 bits per heavy atom. The first-order valence-corrected chi connectivity index (χ1v) is 10.4. The van der Waals surface area contributed by atoms with Crippen molar-refractivity contribution in [2.24, 2.45) is 0 Å². The zero-order chi connectivity index (χ0) is 21.2. The van der Waals surface area contributed by atoms with Gasteiger partial charge in [-0.05, 0) is 68.7 Å². The van der Waals surface area contributed by atoms with Gasteiger partial charge in [0.15, 0.2) is 10.6 Å². The van der Waals surface area contributed by atoms with E-state index < -0.39 is 6.04 Å². The van der Waals surface area contributed by atoms with Gasteiger partial charge in [-0.1, -0.05) is 0 Å². The molecule has 0 saturated carbocycles. The van der Waals surface area contributed by atoms with Crippen molar-refractivity contribution in [3.8, 4) is 0 Å². The normalized spacial score (nSPS) is 15.8. The predicted molar refractivity (Wildman–Crippen MR) is 116 cm³/mol. The average molecular weight is 417 g/mol. The fourth-order valence-electron chi connectivity index (χ4n) is 3.85. The first-order chi connectivity index (χ1) is 14.4. The first-order valence-electron chi connectivity index (χ1n) is 9.62. The summed E-state index contributed by atoms with van der Waals surface area (Å²) >= 11 is 1.43. The number of pyridine rings is 1. The molecule has 0 fully saturated rings. The number of benzene rings is 1. The number of nitrogens with zero attached hydrogens (tertiary/aromatic N) is 3. The van der Waals surface area contributed by atoms with Crippen LogP contribution in [0.2, 0.25) is 0 Å². The monoisotopic (exact) mass is 417 g/mol. The predicted octanol–water partition coefficient (Wildman–Crippen LogP) is 4.63. The number of thiazole rings is 1. The molecule has 7 heteroatoms. The van der Waals surface area contributed by atoms with Gasteiger partial charge in [0.05, 0.1) is 22.7 Å². The second kappa shape index (κ2) is 6.60. The van der Waals surface area contributed by atoms with Crippen LogP contribution in [0.1, 0.15) is 49.4 Å². The van der Waals surface area contributed by atoms with Gasteiger partial charge in [0.25, 0.3) is 5.91 Å². The number of aryl methyl sites for hydroxylation is 4. The van der Waals surface area contributed by atoms with Crippen LogP contribution >= 0.6 is 11.3 Å². The Balaban J connectivity index is 1.84. The summed E-state index contributed by atoms with van der Waals surface area (Å²) in [4.78, 5) is 38.4. The highest BCUT2D eigenvalue weighted by Crippen LogP contribution is 2.42. The number of anilines is 1. The van der Waals surface area contributed by atoms with Crippen LogP contribution in [0, 0.1) is 27.7 Å². The number of aromatic nitrogens is 2. The molecule has 1 amide bonds. The van der Waals surface area contributed by atoms with Gasteiger partial charge in [0.1, 0.15) is 5.58 Å². The maximum Gasteiger partial charge on any atom is 0.297 e. The lowest BCUT2D eigenvalue weighted by molar-refractivity contribution is 0.0971.